The Morgan fingerprint density at radius 3 is 1.97 bits per heavy atom. The van der Waals surface area contributed by atoms with E-state index < -0.39 is 29.1 Å². The first-order valence-electron chi connectivity index (χ1n) is 9.56. The largest absolute Gasteiger partial charge is 0.465 e. The summed E-state index contributed by atoms with van der Waals surface area (Å²) in [6.45, 7) is 11.6. The van der Waals surface area contributed by atoms with Crippen LogP contribution in [0.5, 0.6) is 0 Å². The smallest absolute Gasteiger partial charge is 0.404 e. The van der Waals surface area contributed by atoms with Crippen LogP contribution in [0.15, 0.2) is 22.3 Å². The topological polar surface area (TPSA) is 133 Å². The molecule has 0 saturated carbocycles. The first kappa shape index (κ1) is 24.6. The lowest BCUT2D eigenvalue weighted by Crippen LogP contribution is -2.53. The second-order valence-electron chi connectivity index (χ2n) is 8.86. The Kier molecular flexibility index (Phi) is 7.54. The van der Waals surface area contributed by atoms with Crippen molar-refractivity contribution < 1.29 is 29.4 Å². The lowest BCUT2D eigenvalue weighted by atomic mass is 9.82. The molecule has 0 radical (unpaired) electrons. The third-order valence-electron chi connectivity index (χ3n) is 5.47. The van der Waals surface area contributed by atoms with Crippen molar-refractivity contribution in [2.45, 2.75) is 73.0 Å². The molecule has 0 spiro atoms. The summed E-state index contributed by atoms with van der Waals surface area (Å²) in [7, 11) is 0. The molecule has 0 fully saturated rings. The van der Waals surface area contributed by atoms with Crippen molar-refractivity contribution in [1.82, 2.24) is 10.6 Å². The first-order chi connectivity index (χ1) is 13.1. The van der Waals surface area contributed by atoms with Gasteiger partial charge in [0.05, 0.1) is 6.04 Å². The van der Waals surface area contributed by atoms with E-state index in [1.54, 1.807) is 20.8 Å². The number of ketones is 2. The molecule has 0 aromatic rings. The van der Waals surface area contributed by atoms with Gasteiger partial charge in [-0.3, -0.25) is 14.4 Å². The molecule has 1 aliphatic rings. The molecule has 0 aliphatic heterocycles. The zero-order valence-corrected chi connectivity index (χ0v) is 18.2. The number of hydrogen-bond acceptors (Lipinski definition) is 5. The number of carbonyl (C=O) groups excluding carboxylic acids is 3. The van der Waals surface area contributed by atoms with Crippen LogP contribution in [0.2, 0.25) is 0 Å². The molecule has 1 aliphatic carbocycles. The van der Waals surface area contributed by atoms with Gasteiger partial charge in [0.2, 0.25) is 0 Å². The average molecular weight is 408 g/mol. The highest BCUT2D eigenvalue weighted by Crippen LogP contribution is 2.29. The van der Waals surface area contributed by atoms with Crippen LogP contribution in [0.4, 0.5) is 4.79 Å². The standard InChI is InChI=1S/C21H32N2O6/c1-11-12(2)17(25)14(13(3)16(11)24)8-9-21(7,29)18(26)22-10-15(20(4,5)6)23-19(27)28/h15,23,29H,8-10H2,1-7H3,(H,22,26)(H,27,28). The predicted molar refractivity (Wildman–Crippen MR) is 108 cm³/mol. The van der Waals surface area contributed by atoms with Gasteiger partial charge in [0, 0.05) is 28.8 Å². The highest BCUT2D eigenvalue weighted by molar-refractivity contribution is 6.24. The van der Waals surface area contributed by atoms with E-state index in [0.717, 1.165) is 0 Å². The molecule has 0 aromatic heterocycles. The van der Waals surface area contributed by atoms with Gasteiger partial charge in [-0.25, -0.2) is 4.79 Å². The molecule has 2 atom stereocenters. The van der Waals surface area contributed by atoms with Crippen LogP contribution < -0.4 is 10.6 Å². The summed E-state index contributed by atoms with van der Waals surface area (Å²) in [6, 6.07) is -0.557. The summed E-state index contributed by atoms with van der Waals surface area (Å²) in [5.74, 6) is -1.11. The fourth-order valence-electron chi connectivity index (χ4n) is 3.05. The summed E-state index contributed by atoms with van der Waals surface area (Å²) >= 11 is 0. The minimum Gasteiger partial charge on any atom is -0.465 e. The summed E-state index contributed by atoms with van der Waals surface area (Å²) in [5.41, 5.74) is -0.783. The highest BCUT2D eigenvalue weighted by Gasteiger charge is 2.35. The van der Waals surface area contributed by atoms with Crippen molar-refractivity contribution in [3.8, 4) is 0 Å². The van der Waals surface area contributed by atoms with Crippen LogP contribution >= 0.6 is 0 Å². The Morgan fingerprint density at radius 2 is 1.48 bits per heavy atom. The zero-order valence-electron chi connectivity index (χ0n) is 18.2. The Morgan fingerprint density at radius 1 is 0.966 bits per heavy atom. The van der Waals surface area contributed by atoms with Crippen molar-refractivity contribution in [2.75, 3.05) is 6.54 Å². The fraction of sp³-hybridized carbons (Fsp3) is 0.619. The van der Waals surface area contributed by atoms with Gasteiger partial charge in [0.15, 0.2) is 11.6 Å². The lowest BCUT2D eigenvalue weighted by Gasteiger charge is -2.32. The van der Waals surface area contributed by atoms with Gasteiger partial charge in [-0.05, 0) is 46.0 Å². The van der Waals surface area contributed by atoms with Crippen LogP contribution in [0, 0.1) is 5.41 Å². The van der Waals surface area contributed by atoms with Crippen LogP contribution in [0.1, 0.15) is 61.3 Å². The zero-order chi connectivity index (χ0) is 22.7. The number of hydrogen-bond donors (Lipinski definition) is 4. The molecule has 0 saturated heterocycles. The van der Waals surface area contributed by atoms with E-state index in [2.05, 4.69) is 10.6 Å². The maximum Gasteiger partial charge on any atom is 0.404 e. The Bertz CT molecular complexity index is 783. The molecular formula is C21H32N2O6. The number of nitrogens with one attached hydrogen (secondary N) is 2. The molecule has 4 N–H and O–H groups in total. The van der Waals surface area contributed by atoms with Gasteiger partial charge in [0.1, 0.15) is 5.60 Å². The number of aliphatic hydroxyl groups is 1. The van der Waals surface area contributed by atoms with E-state index in [4.69, 9.17) is 5.11 Å². The van der Waals surface area contributed by atoms with Gasteiger partial charge >= 0.3 is 6.09 Å². The van der Waals surface area contributed by atoms with Gasteiger partial charge in [0.25, 0.3) is 5.91 Å². The predicted octanol–water partition coefficient (Wildman–Crippen LogP) is 2.12. The monoisotopic (exact) mass is 408 g/mol. The average Bonchev–Trinajstić information content (AvgIpc) is 2.60. The molecule has 0 heterocycles. The fourth-order valence-corrected chi connectivity index (χ4v) is 3.05. The second kappa shape index (κ2) is 8.90. The molecule has 8 heteroatoms. The Balaban J connectivity index is 2.82. The minimum absolute atomic E-state index is 0.00493. The number of carboxylic acid groups (broad SMARTS) is 1. The molecular weight excluding hydrogens is 376 g/mol. The van der Waals surface area contributed by atoms with Gasteiger partial charge in [-0.1, -0.05) is 20.8 Å². The summed E-state index contributed by atoms with van der Waals surface area (Å²) in [4.78, 5) is 48.2. The maximum absolute atomic E-state index is 12.5. The second-order valence-corrected chi connectivity index (χ2v) is 8.86. The molecule has 162 valence electrons. The highest BCUT2D eigenvalue weighted by atomic mass is 16.4. The van der Waals surface area contributed by atoms with E-state index in [9.17, 15) is 24.3 Å². The van der Waals surface area contributed by atoms with Crippen molar-refractivity contribution in [3.05, 3.63) is 22.3 Å². The quantitative estimate of drug-likeness (QED) is 0.477. The molecule has 0 bridgehead atoms. The molecule has 8 nitrogen and oxygen atoms in total. The van der Waals surface area contributed by atoms with E-state index in [1.165, 1.54) is 6.92 Å². The van der Waals surface area contributed by atoms with Crippen molar-refractivity contribution in [2.24, 2.45) is 5.41 Å². The molecule has 2 amide bonds. The van der Waals surface area contributed by atoms with E-state index in [1.807, 2.05) is 20.8 Å². The summed E-state index contributed by atoms with van der Waals surface area (Å²) in [5, 5.41) is 24.5. The van der Waals surface area contributed by atoms with E-state index in [0.29, 0.717) is 22.3 Å². The lowest BCUT2D eigenvalue weighted by molar-refractivity contribution is -0.139. The number of allylic oxidation sites excluding steroid dienone is 4. The summed E-state index contributed by atoms with van der Waals surface area (Å²) < 4.78 is 0. The third-order valence-corrected chi connectivity index (χ3v) is 5.47. The number of rotatable bonds is 7. The Hall–Kier alpha value is -2.48. The number of amides is 2. The van der Waals surface area contributed by atoms with E-state index >= 15 is 0 Å². The van der Waals surface area contributed by atoms with Gasteiger partial charge < -0.3 is 20.8 Å². The van der Waals surface area contributed by atoms with E-state index in [-0.39, 0.29) is 31.0 Å². The van der Waals surface area contributed by atoms with Crippen LogP contribution in [0.3, 0.4) is 0 Å². The normalized spacial score (nSPS) is 18.5. The first-order valence-corrected chi connectivity index (χ1v) is 9.56. The molecule has 1 rings (SSSR count). The van der Waals surface area contributed by atoms with Crippen LogP contribution in [0.25, 0.3) is 0 Å². The minimum atomic E-state index is -1.79. The van der Waals surface area contributed by atoms with Crippen molar-refractivity contribution >= 4 is 23.6 Å². The molecule has 29 heavy (non-hydrogen) atoms. The molecule has 2 unspecified atom stereocenters. The SMILES string of the molecule is CC1=C(C)C(=O)C(CCC(C)(O)C(=O)NCC(NC(=O)O)C(C)(C)C)=C(C)C1=O. The Labute approximate surface area is 171 Å². The summed E-state index contributed by atoms with van der Waals surface area (Å²) in [6.07, 6.45) is -1.17. The van der Waals surface area contributed by atoms with Crippen LogP contribution in [-0.2, 0) is 14.4 Å². The number of carbonyl (C=O) groups is 4. The number of Topliss-reactive ketones (excluding diaryl/α,β-unsaturated/α-hetero) is 2. The maximum atomic E-state index is 12.5. The van der Waals surface area contributed by atoms with Gasteiger partial charge in [-0.15, -0.1) is 0 Å². The third kappa shape index (κ3) is 6.00. The molecule has 0 aromatic carbocycles. The van der Waals surface area contributed by atoms with Gasteiger partial charge in [-0.2, -0.15) is 0 Å². The van der Waals surface area contributed by atoms with Crippen molar-refractivity contribution in [3.63, 3.8) is 0 Å². The van der Waals surface area contributed by atoms with Crippen molar-refractivity contribution in [1.29, 1.82) is 0 Å². The van der Waals surface area contributed by atoms with Crippen LogP contribution in [-0.4, -0.2) is 52.0 Å².